The third-order valence-electron chi connectivity index (χ3n) is 5.38. The van der Waals surface area contributed by atoms with Crippen LogP contribution in [0.4, 0.5) is 39.5 Å². The van der Waals surface area contributed by atoms with Crippen LogP contribution in [-0.2, 0) is 25.1 Å². The van der Waals surface area contributed by atoms with Crippen molar-refractivity contribution < 1.29 is 44.3 Å². The number of nitrogens with zero attached hydrogens (tertiary/aromatic N) is 2. The monoisotopic (exact) mass is 598 g/mol. The molecule has 0 spiro atoms. The SMILES string of the molecule is FC(F)(F)c1cc(-c2ccc(OCc3cc(C(F)(F)F)nn3-c3c(Cl)cccc3Cl)cc2)cc(C(F)(F)F)c1. The molecule has 0 unspecified atom stereocenters. The minimum atomic E-state index is -5.01. The van der Waals surface area contributed by atoms with E-state index in [2.05, 4.69) is 5.10 Å². The number of hydrogen-bond donors (Lipinski definition) is 0. The van der Waals surface area contributed by atoms with E-state index in [4.69, 9.17) is 27.9 Å². The molecule has 0 aliphatic carbocycles. The Kier molecular flexibility index (Phi) is 7.56. The predicted molar refractivity (Wildman–Crippen MR) is 125 cm³/mol. The molecule has 4 rings (SSSR count). The van der Waals surface area contributed by atoms with Crippen LogP contribution in [0, 0.1) is 0 Å². The van der Waals surface area contributed by atoms with Crippen molar-refractivity contribution in [3.8, 4) is 22.6 Å². The van der Waals surface area contributed by atoms with Crippen LogP contribution in [0.15, 0.2) is 66.7 Å². The fraction of sp³-hybridized carbons (Fsp3) is 0.160. The average molecular weight is 599 g/mol. The highest BCUT2D eigenvalue weighted by Crippen LogP contribution is 2.39. The van der Waals surface area contributed by atoms with Gasteiger partial charge in [-0.1, -0.05) is 41.4 Å². The van der Waals surface area contributed by atoms with Gasteiger partial charge in [-0.15, -0.1) is 0 Å². The van der Waals surface area contributed by atoms with E-state index in [-0.39, 0.29) is 44.4 Å². The van der Waals surface area contributed by atoms with Crippen LogP contribution in [0.1, 0.15) is 22.5 Å². The van der Waals surface area contributed by atoms with Crippen molar-refractivity contribution in [1.82, 2.24) is 9.78 Å². The lowest BCUT2D eigenvalue weighted by atomic mass is 9.99. The molecule has 14 heteroatoms. The molecule has 1 heterocycles. The second-order valence-corrected chi connectivity index (χ2v) is 8.92. The molecule has 0 saturated carbocycles. The first-order chi connectivity index (χ1) is 18.0. The minimum Gasteiger partial charge on any atom is -0.487 e. The summed E-state index contributed by atoms with van der Waals surface area (Å²) in [6.45, 7) is -0.467. The molecule has 0 saturated heterocycles. The maximum atomic E-state index is 13.3. The van der Waals surface area contributed by atoms with Gasteiger partial charge in [-0.05, 0) is 59.7 Å². The fourth-order valence-electron chi connectivity index (χ4n) is 3.57. The van der Waals surface area contributed by atoms with Crippen molar-refractivity contribution in [2.24, 2.45) is 0 Å². The van der Waals surface area contributed by atoms with E-state index in [0.717, 1.165) is 10.7 Å². The third-order valence-corrected chi connectivity index (χ3v) is 5.99. The van der Waals surface area contributed by atoms with Gasteiger partial charge in [0.05, 0.1) is 26.9 Å². The quantitative estimate of drug-likeness (QED) is 0.214. The highest BCUT2D eigenvalue weighted by atomic mass is 35.5. The zero-order chi connectivity index (χ0) is 28.8. The molecule has 0 radical (unpaired) electrons. The number of para-hydroxylation sites is 1. The van der Waals surface area contributed by atoms with Gasteiger partial charge in [0.1, 0.15) is 18.0 Å². The Hall–Kier alpha value is -3.38. The van der Waals surface area contributed by atoms with Crippen LogP contribution in [0.2, 0.25) is 10.0 Å². The van der Waals surface area contributed by atoms with Crippen LogP contribution >= 0.6 is 23.2 Å². The van der Waals surface area contributed by atoms with Crippen LogP contribution < -0.4 is 4.74 Å². The Morgan fingerprint density at radius 3 is 1.69 bits per heavy atom. The zero-order valence-electron chi connectivity index (χ0n) is 19.0. The molecule has 0 aliphatic rings. The van der Waals surface area contributed by atoms with E-state index in [1.807, 2.05) is 0 Å². The molecule has 0 atom stereocenters. The number of halogens is 11. The Morgan fingerprint density at radius 1 is 0.667 bits per heavy atom. The van der Waals surface area contributed by atoms with Gasteiger partial charge in [-0.3, -0.25) is 0 Å². The van der Waals surface area contributed by atoms with E-state index in [0.29, 0.717) is 12.1 Å². The molecule has 0 fully saturated rings. The first-order valence-electron chi connectivity index (χ1n) is 10.7. The van der Waals surface area contributed by atoms with Gasteiger partial charge in [-0.2, -0.15) is 44.6 Å². The Bertz CT molecular complexity index is 1440. The fourth-order valence-corrected chi connectivity index (χ4v) is 4.13. The van der Waals surface area contributed by atoms with Crippen molar-refractivity contribution in [3.63, 3.8) is 0 Å². The molecule has 0 bridgehead atoms. The van der Waals surface area contributed by atoms with E-state index in [1.54, 1.807) is 0 Å². The van der Waals surface area contributed by atoms with E-state index in [9.17, 15) is 39.5 Å². The highest BCUT2D eigenvalue weighted by Gasteiger charge is 2.37. The topological polar surface area (TPSA) is 27.1 Å². The minimum absolute atomic E-state index is 0.0178. The molecule has 3 nitrogen and oxygen atoms in total. The summed E-state index contributed by atoms with van der Waals surface area (Å²) >= 11 is 12.2. The second kappa shape index (κ2) is 10.3. The molecule has 206 valence electrons. The number of rotatable bonds is 5. The summed E-state index contributed by atoms with van der Waals surface area (Å²) in [4.78, 5) is 0. The smallest absolute Gasteiger partial charge is 0.435 e. The first-order valence-corrected chi connectivity index (χ1v) is 11.4. The van der Waals surface area contributed by atoms with Crippen LogP contribution in [0.25, 0.3) is 16.8 Å². The second-order valence-electron chi connectivity index (χ2n) is 8.11. The molecular weight excluding hydrogens is 586 g/mol. The summed E-state index contributed by atoms with van der Waals surface area (Å²) in [5.74, 6) is 0.0633. The van der Waals surface area contributed by atoms with Crippen molar-refractivity contribution in [3.05, 3.63) is 99.3 Å². The van der Waals surface area contributed by atoms with Crippen molar-refractivity contribution in [1.29, 1.82) is 0 Å². The van der Waals surface area contributed by atoms with Crippen LogP contribution in [-0.4, -0.2) is 9.78 Å². The number of aromatic nitrogens is 2. The van der Waals surface area contributed by atoms with Gasteiger partial charge in [0.15, 0.2) is 5.69 Å². The van der Waals surface area contributed by atoms with Gasteiger partial charge >= 0.3 is 18.5 Å². The zero-order valence-corrected chi connectivity index (χ0v) is 20.5. The van der Waals surface area contributed by atoms with Gasteiger partial charge in [0, 0.05) is 0 Å². The third kappa shape index (κ3) is 6.44. The summed E-state index contributed by atoms with van der Waals surface area (Å²) in [5, 5.41) is 3.59. The maximum Gasteiger partial charge on any atom is 0.435 e. The average Bonchev–Trinajstić information content (AvgIpc) is 3.26. The largest absolute Gasteiger partial charge is 0.487 e. The van der Waals surface area contributed by atoms with E-state index < -0.39 is 42.0 Å². The summed E-state index contributed by atoms with van der Waals surface area (Å²) < 4.78 is 126. The van der Waals surface area contributed by atoms with Gasteiger partial charge < -0.3 is 4.74 Å². The van der Waals surface area contributed by atoms with Crippen molar-refractivity contribution >= 4 is 23.2 Å². The van der Waals surface area contributed by atoms with Crippen LogP contribution in [0.3, 0.4) is 0 Å². The van der Waals surface area contributed by atoms with E-state index >= 15 is 0 Å². The van der Waals surface area contributed by atoms with E-state index in [1.165, 1.54) is 42.5 Å². The molecule has 39 heavy (non-hydrogen) atoms. The van der Waals surface area contributed by atoms with Gasteiger partial charge in [0.2, 0.25) is 0 Å². The Morgan fingerprint density at radius 2 is 1.21 bits per heavy atom. The van der Waals surface area contributed by atoms with Crippen LogP contribution in [0.5, 0.6) is 5.75 Å². The molecule has 0 aliphatic heterocycles. The molecule has 3 aromatic carbocycles. The standard InChI is InChI=1S/C25H13Cl2F9N2O/c26-19-2-1-3-20(27)22(19)38-17(11-21(37-38)25(34,35)36)12-39-18-6-4-13(5-7-18)14-8-15(23(28,29)30)10-16(9-14)24(31,32)33/h1-11H,12H2. The van der Waals surface area contributed by atoms with Gasteiger partial charge in [0.25, 0.3) is 0 Å². The molecular formula is C25H13Cl2F9N2O. The maximum absolute atomic E-state index is 13.3. The Labute approximate surface area is 224 Å². The molecule has 4 aromatic rings. The molecule has 1 aromatic heterocycles. The first kappa shape index (κ1) is 28.6. The summed E-state index contributed by atoms with van der Waals surface area (Å²) in [7, 11) is 0. The normalized spacial score (nSPS) is 12.6. The lowest BCUT2D eigenvalue weighted by Crippen LogP contribution is -2.11. The summed E-state index contributed by atoms with van der Waals surface area (Å²) in [5.41, 5.74) is -4.61. The van der Waals surface area contributed by atoms with Crippen molar-refractivity contribution in [2.45, 2.75) is 25.1 Å². The molecule has 0 amide bonds. The highest BCUT2D eigenvalue weighted by molar-refractivity contribution is 6.37. The summed E-state index contributed by atoms with van der Waals surface area (Å²) in [6, 6.07) is 11.1. The summed E-state index contributed by atoms with van der Waals surface area (Å²) in [6.07, 6.45) is -14.8. The Balaban J connectivity index is 1.63. The molecule has 0 N–H and O–H groups in total. The number of benzene rings is 3. The lowest BCUT2D eigenvalue weighted by molar-refractivity contribution is -0.143. The number of ether oxygens (including phenoxy) is 1. The van der Waals surface area contributed by atoms with Gasteiger partial charge in [-0.25, -0.2) is 4.68 Å². The predicted octanol–water partition coefficient (Wildman–Crippen LogP) is 9.48. The number of alkyl halides is 9. The lowest BCUT2D eigenvalue weighted by Gasteiger charge is -2.15. The van der Waals surface area contributed by atoms with Crippen molar-refractivity contribution in [2.75, 3.05) is 0 Å². The number of hydrogen-bond acceptors (Lipinski definition) is 2.